The zero-order chi connectivity index (χ0) is 16.1. The molecule has 22 heavy (non-hydrogen) atoms. The topological polar surface area (TPSA) is 72.7 Å². The number of aryl methyl sites for hydroxylation is 1. The summed E-state index contributed by atoms with van der Waals surface area (Å²) in [6.07, 6.45) is 0.920. The van der Waals surface area contributed by atoms with E-state index in [2.05, 4.69) is 33.8 Å². The highest BCUT2D eigenvalue weighted by molar-refractivity contribution is 8.00. The van der Waals surface area contributed by atoms with Crippen LogP contribution in [0.4, 0.5) is 0 Å². The second-order valence-electron chi connectivity index (χ2n) is 5.14. The third kappa shape index (κ3) is 3.65. The molecule has 1 unspecified atom stereocenters. The molecule has 0 radical (unpaired) electrons. The summed E-state index contributed by atoms with van der Waals surface area (Å²) in [5.74, 6) is 0.00219. The van der Waals surface area contributed by atoms with Crippen LogP contribution < -0.4 is 5.32 Å². The minimum atomic E-state index is -0.249. The number of amides is 1. The van der Waals surface area contributed by atoms with E-state index in [9.17, 15) is 4.79 Å². The number of thioether (sulfide) groups is 1. The van der Waals surface area contributed by atoms with Crippen LogP contribution in [0.3, 0.4) is 0 Å². The summed E-state index contributed by atoms with van der Waals surface area (Å²) >= 11 is 1.36. The molecule has 7 heteroatoms. The summed E-state index contributed by atoms with van der Waals surface area (Å²) in [7, 11) is 0. The Balaban J connectivity index is 2.20. The van der Waals surface area contributed by atoms with Gasteiger partial charge in [-0.3, -0.25) is 4.79 Å². The van der Waals surface area contributed by atoms with Crippen LogP contribution in [-0.4, -0.2) is 37.9 Å². The molecule has 2 aromatic rings. The first-order chi connectivity index (χ1) is 10.5. The predicted molar refractivity (Wildman–Crippen MR) is 87.2 cm³/mol. The van der Waals surface area contributed by atoms with Crippen LogP contribution in [0.1, 0.15) is 31.4 Å². The van der Waals surface area contributed by atoms with Crippen molar-refractivity contribution in [3.63, 3.8) is 0 Å². The van der Waals surface area contributed by atoms with Crippen LogP contribution >= 0.6 is 11.8 Å². The van der Waals surface area contributed by atoms with Crippen molar-refractivity contribution in [1.82, 2.24) is 25.5 Å². The molecule has 1 atom stereocenters. The smallest absolute Gasteiger partial charge is 0.233 e. The first-order valence-corrected chi connectivity index (χ1v) is 8.22. The van der Waals surface area contributed by atoms with Gasteiger partial charge in [0.15, 0.2) is 0 Å². The Morgan fingerprint density at radius 3 is 2.91 bits per heavy atom. The summed E-state index contributed by atoms with van der Waals surface area (Å²) in [4.78, 5) is 12.0. The van der Waals surface area contributed by atoms with Crippen molar-refractivity contribution < 1.29 is 4.79 Å². The van der Waals surface area contributed by atoms with Gasteiger partial charge >= 0.3 is 0 Å². The summed E-state index contributed by atoms with van der Waals surface area (Å²) in [6, 6.07) is 6.01. The molecule has 0 fully saturated rings. The number of tetrazole rings is 1. The molecule has 1 aromatic carbocycles. The van der Waals surface area contributed by atoms with Crippen molar-refractivity contribution in [2.24, 2.45) is 0 Å². The van der Waals surface area contributed by atoms with Gasteiger partial charge in [0.25, 0.3) is 0 Å². The molecule has 1 N–H and O–H groups in total. The molecule has 0 aliphatic carbocycles. The normalized spacial score (nSPS) is 12.2. The van der Waals surface area contributed by atoms with Gasteiger partial charge in [0.05, 0.1) is 10.9 Å². The molecule has 0 bridgehead atoms. The minimum absolute atomic E-state index is 0.00219. The van der Waals surface area contributed by atoms with E-state index >= 15 is 0 Å². The Kier molecular flexibility index (Phi) is 5.54. The van der Waals surface area contributed by atoms with E-state index in [0.29, 0.717) is 11.7 Å². The van der Waals surface area contributed by atoms with Crippen LogP contribution in [0.5, 0.6) is 0 Å². The standard InChI is InChI=1S/C15H21N5OS/c1-5-9-16-14(21)12(4)22-15-17-18-19-20(15)13-8-6-7-10(2)11(13)3/h6-8,12H,5,9H2,1-4H3,(H,16,21). The van der Waals surface area contributed by atoms with Crippen LogP contribution in [0.2, 0.25) is 0 Å². The fraction of sp³-hybridized carbons (Fsp3) is 0.467. The number of nitrogens with one attached hydrogen (secondary N) is 1. The molecule has 1 heterocycles. The monoisotopic (exact) mass is 319 g/mol. The number of carbonyl (C=O) groups excluding carboxylic acids is 1. The summed E-state index contributed by atoms with van der Waals surface area (Å²) in [5.41, 5.74) is 3.24. The summed E-state index contributed by atoms with van der Waals surface area (Å²) < 4.78 is 1.69. The lowest BCUT2D eigenvalue weighted by Gasteiger charge is -2.12. The van der Waals surface area contributed by atoms with E-state index in [-0.39, 0.29) is 11.2 Å². The molecule has 2 rings (SSSR count). The number of hydrogen-bond acceptors (Lipinski definition) is 5. The zero-order valence-corrected chi connectivity index (χ0v) is 14.1. The summed E-state index contributed by atoms with van der Waals surface area (Å²) in [5, 5.41) is 15.1. The average Bonchev–Trinajstić information content (AvgIpc) is 2.95. The fourth-order valence-corrected chi connectivity index (χ4v) is 2.80. The minimum Gasteiger partial charge on any atom is -0.355 e. The van der Waals surface area contributed by atoms with Crippen molar-refractivity contribution in [3.05, 3.63) is 29.3 Å². The molecule has 6 nitrogen and oxygen atoms in total. The van der Waals surface area contributed by atoms with Crippen LogP contribution in [0.15, 0.2) is 23.4 Å². The first-order valence-electron chi connectivity index (χ1n) is 7.34. The number of aromatic nitrogens is 4. The first kappa shape index (κ1) is 16.5. The molecule has 0 aliphatic heterocycles. The highest BCUT2D eigenvalue weighted by Crippen LogP contribution is 2.25. The van der Waals surface area contributed by atoms with Gasteiger partial charge in [0.1, 0.15) is 0 Å². The van der Waals surface area contributed by atoms with E-state index in [4.69, 9.17) is 0 Å². The maximum absolute atomic E-state index is 12.0. The second-order valence-corrected chi connectivity index (χ2v) is 6.45. The van der Waals surface area contributed by atoms with Crippen molar-refractivity contribution in [2.75, 3.05) is 6.54 Å². The van der Waals surface area contributed by atoms with Gasteiger partial charge in [-0.05, 0) is 54.8 Å². The SMILES string of the molecule is CCCNC(=O)C(C)Sc1nnnn1-c1cccc(C)c1C. The molecule has 0 aliphatic rings. The Hall–Kier alpha value is -1.89. The van der Waals surface area contributed by atoms with E-state index in [1.807, 2.05) is 32.9 Å². The Labute approximate surface area is 134 Å². The van der Waals surface area contributed by atoms with Crippen molar-refractivity contribution in [3.8, 4) is 5.69 Å². The number of hydrogen-bond donors (Lipinski definition) is 1. The molecule has 0 saturated heterocycles. The molecule has 0 spiro atoms. The van der Waals surface area contributed by atoms with Crippen LogP contribution in [0.25, 0.3) is 5.69 Å². The van der Waals surface area contributed by atoms with Gasteiger partial charge in [-0.25, -0.2) is 0 Å². The third-order valence-corrected chi connectivity index (χ3v) is 4.48. The number of carbonyl (C=O) groups is 1. The van der Waals surface area contributed by atoms with Crippen molar-refractivity contribution >= 4 is 17.7 Å². The molecule has 1 amide bonds. The predicted octanol–water partition coefficient (Wildman–Crippen LogP) is 2.29. The average molecular weight is 319 g/mol. The Morgan fingerprint density at radius 2 is 2.18 bits per heavy atom. The van der Waals surface area contributed by atoms with E-state index < -0.39 is 0 Å². The van der Waals surface area contributed by atoms with E-state index in [1.54, 1.807) is 4.68 Å². The molecule has 1 aromatic heterocycles. The Morgan fingerprint density at radius 1 is 1.41 bits per heavy atom. The fourth-order valence-electron chi connectivity index (χ4n) is 1.97. The quantitative estimate of drug-likeness (QED) is 0.827. The second kappa shape index (κ2) is 7.40. The van der Waals surface area contributed by atoms with Crippen molar-refractivity contribution in [2.45, 2.75) is 44.5 Å². The molecular formula is C15H21N5OS. The molecule has 0 saturated carbocycles. The van der Waals surface area contributed by atoms with Gasteiger partial charge < -0.3 is 5.32 Å². The maximum Gasteiger partial charge on any atom is 0.233 e. The van der Waals surface area contributed by atoms with E-state index in [1.165, 1.54) is 17.3 Å². The van der Waals surface area contributed by atoms with Gasteiger partial charge in [-0.2, -0.15) is 4.68 Å². The highest BCUT2D eigenvalue weighted by atomic mass is 32.2. The largest absolute Gasteiger partial charge is 0.355 e. The molecular weight excluding hydrogens is 298 g/mol. The Bertz CT molecular complexity index is 655. The van der Waals surface area contributed by atoms with Gasteiger partial charge in [-0.15, -0.1) is 5.10 Å². The number of rotatable bonds is 6. The van der Waals surface area contributed by atoms with Crippen LogP contribution in [0, 0.1) is 13.8 Å². The van der Waals surface area contributed by atoms with Gasteiger partial charge in [0.2, 0.25) is 11.1 Å². The lowest BCUT2D eigenvalue weighted by molar-refractivity contribution is -0.120. The molecule has 118 valence electrons. The number of benzene rings is 1. The number of nitrogens with zero attached hydrogens (tertiary/aromatic N) is 4. The highest BCUT2D eigenvalue weighted by Gasteiger charge is 2.19. The third-order valence-electron chi connectivity index (χ3n) is 3.45. The summed E-state index contributed by atoms with van der Waals surface area (Å²) in [6.45, 7) is 8.66. The van der Waals surface area contributed by atoms with E-state index in [0.717, 1.165) is 17.7 Å². The lowest BCUT2D eigenvalue weighted by atomic mass is 10.1. The zero-order valence-electron chi connectivity index (χ0n) is 13.3. The van der Waals surface area contributed by atoms with Gasteiger partial charge in [-0.1, -0.05) is 30.8 Å². The van der Waals surface area contributed by atoms with Gasteiger partial charge in [0, 0.05) is 6.54 Å². The maximum atomic E-state index is 12.0. The van der Waals surface area contributed by atoms with Crippen LogP contribution in [-0.2, 0) is 4.79 Å². The van der Waals surface area contributed by atoms with Crippen molar-refractivity contribution in [1.29, 1.82) is 0 Å². The lowest BCUT2D eigenvalue weighted by Crippen LogP contribution is -2.31.